The van der Waals surface area contributed by atoms with Gasteiger partial charge in [0.15, 0.2) is 5.75 Å². The van der Waals surface area contributed by atoms with Gasteiger partial charge in [-0.15, -0.1) is 0 Å². The maximum atomic E-state index is 12.6. The molecule has 0 amide bonds. The summed E-state index contributed by atoms with van der Waals surface area (Å²) in [5.74, 6) is -0.184. The minimum absolute atomic E-state index is 0.117. The molecule has 0 unspecified atom stereocenters. The van der Waals surface area contributed by atoms with E-state index < -0.39 is 11.7 Å². The molecule has 5 nitrogen and oxygen atoms in total. The average Bonchev–Trinajstić information content (AvgIpc) is 2.75. The number of aromatic nitrogens is 3. The normalized spacial score (nSPS) is 11.9. The lowest BCUT2D eigenvalue weighted by atomic mass is 10.2. The lowest BCUT2D eigenvalue weighted by molar-refractivity contribution is -0.137. The fourth-order valence-electron chi connectivity index (χ4n) is 1.52. The SMILES string of the molecule is CC(C)n1cc(Oc2cc(C(F)(F)F)cc(N)n2)cn1. The molecule has 0 aromatic carbocycles. The van der Waals surface area contributed by atoms with E-state index in [9.17, 15) is 13.2 Å². The van der Waals surface area contributed by atoms with Crippen molar-refractivity contribution in [3.63, 3.8) is 0 Å². The Morgan fingerprint density at radius 3 is 2.55 bits per heavy atom. The number of halogens is 3. The summed E-state index contributed by atoms with van der Waals surface area (Å²) in [7, 11) is 0. The molecule has 108 valence electrons. The zero-order valence-corrected chi connectivity index (χ0v) is 10.8. The minimum atomic E-state index is -4.50. The first-order valence-corrected chi connectivity index (χ1v) is 5.82. The topological polar surface area (TPSA) is 66.0 Å². The number of ether oxygens (including phenoxy) is 1. The van der Waals surface area contributed by atoms with Crippen molar-refractivity contribution in [2.45, 2.75) is 26.1 Å². The summed E-state index contributed by atoms with van der Waals surface area (Å²) >= 11 is 0. The fourth-order valence-corrected chi connectivity index (χ4v) is 1.52. The molecule has 2 aromatic heterocycles. The van der Waals surface area contributed by atoms with E-state index in [1.807, 2.05) is 13.8 Å². The Morgan fingerprint density at radius 1 is 1.30 bits per heavy atom. The highest BCUT2D eigenvalue weighted by Gasteiger charge is 2.31. The molecule has 0 aliphatic rings. The molecule has 0 saturated carbocycles. The van der Waals surface area contributed by atoms with Crippen LogP contribution in [0.25, 0.3) is 0 Å². The number of anilines is 1. The number of pyridine rings is 1. The van der Waals surface area contributed by atoms with Crippen LogP contribution in [0.3, 0.4) is 0 Å². The van der Waals surface area contributed by atoms with Gasteiger partial charge in [-0.05, 0) is 19.9 Å². The summed E-state index contributed by atoms with van der Waals surface area (Å²) in [6.45, 7) is 3.83. The highest BCUT2D eigenvalue weighted by atomic mass is 19.4. The van der Waals surface area contributed by atoms with Gasteiger partial charge in [0.05, 0.1) is 18.0 Å². The largest absolute Gasteiger partial charge is 0.436 e. The summed E-state index contributed by atoms with van der Waals surface area (Å²) in [6, 6.07) is 1.67. The molecule has 2 rings (SSSR count). The third kappa shape index (κ3) is 3.19. The lowest BCUT2D eigenvalue weighted by Gasteiger charge is -2.09. The molecule has 0 radical (unpaired) electrons. The molecule has 2 N–H and O–H groups in total. The van der Waals surface area contributed by atoms with Crippen LogP contribution in [0.5, 0.6) is 11.6 Å². The van der Waals surface area contributed by atoms with Crippen molar-refractivity contribution in [1.29, 1.82) is 0 Å². The molecule has 2 heterocycles. The van der Waals surface area contributed by atoms with E-state index in [2.05, 4.69) is 10.1 Å². The van der Waals surface area contributed by atoms with E-state index in [0.717, 1.165) is 12.1 Å². The molecule has 0 spiro atoms. The molecule has 0 aliphatic heterocycles. The molecule has 2 aromatic rings. The van der Waals surface area contributed by atoms with Gasteiger partial charge in [0.1, 0.15) is 5.82 Å². The first-order valence-electron chi connectivity index (χ1n) is 5.82. The monoisotopic (exact) mass is 286 g/mol. The quantitative estimate of drug-likeness (QED) is 0.940. The Hall–Kier alpha value is -2.25. The van der Waals surface area contributed by atoms with E-state index in [4.69, 9.17) is 10.5 Å². The van der Waals surface area contributed by atoms with E-state index in [1.54, 1.807) is 10.9 Å². The van der Waals surface area contributed by atoms with Crippen LogP contribution in [0.4, 0.5) is 19.0 Å². The Balaban J connectivity index is 2.26. The Kier molecular flexibility index (Phi) is 3.56. The van der Waals surface area contributed by atoms with Gasteiger partial charge in [-0.3, -0.25) is 4.68 Å². The summed E-state index contributed by atoms with van der Waals surface area (Å²) < 4.78 is 44.8. The highest BCUT2D eigenvalue weighted by molar-refractivity contribution is 5.39. The predicted molar refractivity (Wildman–Crippen MR) is 66.3 cm³/mol. The van der Waals surface area contributed by atoms with Crippen LogP contribution < -0.4 is 10.5 Å². The van der Waals surface area contributed by atoms with Gasteiger partial charge in [-0.25, -0.2) is 0 Å². The standard InChI is InChI=1S/C12H13F3N4O/c1-7(2)19-6-9(5-17-19)20-11-4-8(12(13,14)15)3-10(16)18-11/h3-7H,1-2H3,(H2,16,18). The van der Waals surface area contributed by atoms with Crippen molar-refractivity contribution in [3.05, 3.63) is 30.1 Å². The molecule has 0 atom stereocenters. The maximum Gasteiger partial charge on any atom is 0.416 e. The second-order valence-electron chi connectivity index (χ2n) is 4.47. The van der Waals surface area contributed by atoms with Crippen molar-refractivity contribution in [1.82, 2.24) is 14.8 Å². The summed E-state index contributed by atoms with van der Waals surface area (Å²) in [5, 5.41) is 4.02. The third-order valence-corrected chi connectivity index (χ3v) is 2.48. The van der Waals surface area contributed by atoms with Crippen molar-refractivity contribution in [3.8, 4) is 11.6 Å². The number of hydrogen-bond acceptors (Lipinski definition) is 4. The number of rotatable bonds is 3. The first-order chi connectivity index (χ1) is 9.25. The minimum Gasteiger partial charge on any atom is -0.436 e. The number of nitrogen functional groups attached to an aromatic ring is 1. The second-order valence-corrected chi connectivity index (χ2v) is 4.47. The van der Waals surface area contributed by atoms with Gasteiger partial charge < -0.3 is 10.5 Å². The molecule has 0 saturated heterocycles. The maximum absolute atomic E-state index is 12.6. The molecular formula is C12H13F3N4O. The van der Waals surface area contributed by atoms with Crippen molar-refractivity contribution in [2.75, 3.05) is 5.73 Å². The zero-order valence-electron chi connectivity index (χ0n) is 10.8. The molecule has 20 heavy (non-hydrogen) atoms. The first kappa shape index (κ1) is 14.2. The van der Waals surface area contributed by atoms with Gasteiger partial charge in [0.2, 0.25) is 5.88 Å². The predicted octanol–water partition coefficient (Wildman–Crippen LogP) is 3.25. The van der Waals surface area contributed by atoms with Gasteiger partial charge in [0, 0.05) is 12.1 Å². The van der Waals surface area contributed by atoms with Crippen LogP contribution >= 0.6 is 0 Å². The van der Waals surface area contributed by atoms with Crippen LogP contribution in [0.2, 0.25) is 0 Å². The molecular weight excluding hydrogens is 273 g/mol. The summed E-state index contributed by atoms with van der Waals surface area (Å²) in [5.41, 5.74) is 4.44. The molecule has 8 heteroatoms. The van der Waals surface area contributed by atoms with Gasteiger partial charge >= 0.3 is 6.18 Å². The van der Waals surface area contributed by atoms with Crippen LogP contribution in [0.1, 0.15) is 25.5 Å². The highest BCUT2D eigenvalue weighted by Crippen LogP contribution is 2.33. The van der Waals surface area contributed by atoms with E-state index in [1.165, 1.54) is 6.20 Å². The van der Waals surface area contributed by atoms with E-state index >= 15 is 0 Å². The zero-order chi connectivity index (χ0) is 14.9. The van der Waals surface area contributed by atoms with Gasteiger partial charge in [0.25, 0.3) is 0 Å². The van der Waals surface area contributed by atoms with Crippen molar-refractivity contribution < 1.29 is 17.9 Å². The van der Waals surface area contributed by atoms with Gasteiger partial charge in [-0.2, -0.15) is 23.3 Å². The third-order valence-electron chi connectivity index (χ3n) is 2.48. The Morgan fingerprint density at radius 2 is 2.00 bits per heavy atom. The van der Waals surface area contributed by atoms with E-state index in [0.29, 0.717) is 5.75 Å². The van der Waals surface area contributed by atoms with Crippen LogP contribution in [0, 0.1) is 0 Å². The van der Waals surface area contributed by atoms with Crippen molar-refractivity contribution >= 4 is 5.82 Å². The number of nitrogens with two attached hydrogens (primary N) is 1. The van der Waals surface area contributed by atoms with Crippen LogP contribution in [-0.2, 0) is 6.18 Å². The second kappa shape index (κ2) is 5.03. The molecule has 0 aliphatic carbocycles. The summed E-state index contributed by atoms with van der Waals surface area (Å²) in [6.07, 6.45) is -1.53. The Labute approximate surface area is 113 Å². The fraction of sp³-hybridized carbons (Fsp3) is 0.333. The van der Waals surface area contributed by atoms with E-state index in [-0.39, 0.29) is 17.7 Å². The van der Waals surface area contributed by atoms with Crippen LogP contribution in [-0.4, -0.2) is 14.8 Å². The smallest absolute Gasteiger partial charge is 0.416 e. The van der Waals surface area contributed by atoms with Gasteiger partial charge in [-0.1, -0.05) is 0 Å². The lowest BCUT2D eigenvalue weighted by Crippen LogP contribution is -2.07. The number of nitrogens with zero attached hydrogens (tertiary/aromatic N) is 3. The number of hydrogen-bond donors (Lipinski definition) is 1. The summed E-state index contributed by atoms with van der Waals surface area (Å²) in [4.78, 5) is 3.72. The van der Waals surface area contributed by atoms with Crippen LogP contribution in [0.15, 0.2) is 24.5 Å². The van der Waals surface area contributed by atoms with Crippen molar-refractivity contribution in [2.24, 2.45) is 0 Å². The number of alkyl halides is 3. The molecule has 0 bridgehead atoms. The average molecular weight is 286 g/mol. The Bertz CT molecular complexity index is 607. The molecule has 0 fully saturated rings.